The van der Waals surface area contributed by atoms with Crippen LogP contribution in [-0.4, -0.2) is 37.1 Å². The Hall–Kier alpha value is -0.860. The molecule has 1 saturated heterocycles. The van der Waals surface area contributed by atoms with Gasteiger partial charge in [-0.3, -0.25) is 0 Å². The van der Waals surface area contributed by atoms with Crippen molar-refractivity contribution in [3.8, 4) is 0 Å². The molecule has 0 aromatic heterocycles. The highest BCUT2D eigenvalue weighted by Crippen LogP contribution is 2.27. The van der Waals surface area contributed by atoms with Crippen LogP contribution in [0.1, 0.15) is 43.7 Å². The quantitative estimate of drug-likeness (QED) is 0.875. The molecule has 1 N–H and O–H groups in total. The molecule has 2 rings (SSSR count). The number of benzene rings is 1. The fraction of sp³-hybridized carbons (Fsp3) is 0.647. The van der Waals surface area contributed by atoms with Crippen molar-refractivity contribution >= 4 is 0 Å². The van der Waals surface area contributed by atoms with Crippen LogP contribution in [0.25, 0.3) is 0 Å². The molecule has 2 heteroatoms. The summed E-state index contributed by atoms with van der Waals surface area (Å²) in [6.45, 7) is 11.4. The molecule has 0 aliphatic carbocycles. The summed E-state index contributed by atoms with van der Waals surface area (Å²) in [5, 5.41) is 3.71. The van der Waals surface area contributed by atoms with Crippen LogP contribution in [-0.2, 0) is 0 Å². The van der Waals surface area contributed by atoms with Crippen LogP contribution in [0.5, 0.6) is 0 Å². The molecule has 0 saturated carbocycles. The molecule has 0 amide bonds. The highest BCUT2D eigenvalue weighted by Gasteiger charge is 2.26. The fourth-order valence-electron chi connectivity index (χ4n) is 3.11. The lowest BCUT2D eigenvalue weighted by molar-refractivity contribution is 0.179. The maximum Gasteiger partial charge on any atom is 0.0201 e. The van der Waals surface area contributed by atoms with Crippen molar-refractivity contribution < 1.29 is 0 Å². The van der Waals surface area contributed by atoms with E-state index >= 15 is 0 Å². The number of aryl methyl sites for hydroxylation is 1. The van der Waals surface area contributed by atoms with Crippen LogP contribution < -0.4 is 5.32 Å². The number of hydrogen-bond acceptors (Lipinski definition) is 2. The lowest BCUT2D eigenvalue weighted by Gasteiger charge is -2.38. The van der Waals surface area contributed by atoms with Crippen molar-refractivity contribution in [1.29, 1.82) is 0 Å². The SMILES string of the molecule is CCCNC1CC(c2cccc(C)c2)CN(CC)C1. The topological polar surface area (TPSA) is 15.3 Å². The van der Waals surface area contributed by atoms with Crippen molar-refractivity contribution in [1.82, 2.24) is 10.2 Å². The molecule has 1 aliphatic rings. The molecular weight excluding hydrogens is 232 g/mol. The Labute approximate surface area is 118 Å². The van der Waals surface area contributed by atoms with Gasteiger partial charge in [-0.25, -0.2) is 0 Å². The van der Waals surface area contributed by atoms with Crippen molar-refractivity contribution in [2.24, 2.45) is 0 Å². The Morgan fingerprint density at radius 1 is 1.26 bits per heavy atom. The molecule has 106 valence electrons. The van der Waals surface area contributed by atoms with Gasteiger partial charge in [0.15, 0.2) is 0 Å². The Bertz CT molecular complexity index is 389. The normalized spacial score (nSPS) is 24.6. The van der Waals surface area contributed by atoms with Gasteiger partial charge in [0.05, 0.1) is 0 Å². The van der Waals surface area contributed by atoms with Gasteiger partial charge in [0.25, 0.3) is 0 Å². The van der Waals surface area contributed by atoms with Crippen molar-refractivity contribution in [2.45, 2.75) is 45.6 Å². The second-order valence-corrected chi connectivity index (χ2v) is 5.85. The Morgan fingerprint density at radius 3 is 2.79 bits per heavy atom. The molecule has 1 aromatic carbocycles. The summed E-state index contributed by atoms with van der Waals surface area (Å²) >= 11 is 0. The molecular formula is C17H28N2. The first-order chi connectivity index (χ1) is 9.22. The first kappa shape index (κ1) is 14.5. The summed E-state index contributed by atoms with van der Waals surface area (Å²) in [4.78, 5) is 2.59. The molecule has 2 unspecified atom stereocenters. The Kier molecular flexibility index (Phi) is 5.41. The lowest BCUT2D eigenvalue weighted by Crippen LogP contribution is -2.48. The smallest absolute Gasteiger partial charge is 0.0201 e. The average Bonchev–Trinajstić information content (AvgIpc) is 2.44. The van der Waals surface area contributed by atoms with Gasteiger partial charge in [-0.1, -0.05) is 43.7 Å². The van der Waals surface area contributed by atoms with E-state index in [0.29, 0.717) is 12.0 Å². The van der Waals surface area contributed by atoms with E-state index in [9.17, 15) is 0 Å². The molecule has 0 radical (unpaired) electrons. The van der Waals surface area contributed by atoms with Crippen LogP contribution in [0, 0.1) is 6.92 Å². The van der Waals surface area contributed by atoms with Gasteiger partial charge in [-0.05, 0) is 44.3 Å². The molecule has 0 spiro atoms. The minimum atomic E-state index is 0.652. The summed E-state index contributed by atoms with van der Waals surface area (Å²) in [6.07, 6.45) is 2.50. The van der Waals surface area contributed by atoms with E-state index in [1.165, 1.54) is 37.1 Å². The van der Waals surface area contributed by atoms with E-state index < -0.39 is 0 Å². The summed E-state index contributed by atoms with van der Waals surface area (Å²) in [5.74, 6) is 0.683. The van der Waals surface area contributed by atoms with E-state index in [-0.39, 0.29) is 0 Å². The van der Waals surface area contributed by atoms with E-state index in [2.05, 4.69) is 55.3 Å². The summed E-state index contributed by atoms with van der Waals surface area (Å²) in [6, 6.07) is 9.70. The van der Waals surface area contributed by atoms with Crippen LogP contribution in [0.3, 0.4) is 0 Å². The highest BCUT2D eigenvalue weighted by atomic mass is 15.2. The van der Waals surface area contributed by atoms with Crippen molar-refractivity contribution in [3.63, 3.8) is 0 Å². The van der Waals surface area contributed by atoms with Gasteiger partial charge in [-0.15, -0.1) is 0 Å². The number of rotatable bonds is 5. The molecule has 1 heterocycles. The van der Waals surface area contributed by atoms with Gasteiger partial charge < -0.3 is 10.2 Å². The minimum Gasteiger partial charge on any atom is -0.313 e. The molecule has 1 aromatic rings. The highest BCUT2D eigenvalue weighted by molar-refractivity contribution is 5.26. The number of hydrogen-bond donors (Lipinski definition) is 1. The van der Waals surface area contributed by atoms with Crippen LogP contribution in [0.4, 0.5) is 0 Å². The van der Waals surface area contributed by atoms with Crippen molar-refractivity contribution in [2.75, 3.05) is 26.2 Å². The fourth-order valence-corrected chi connectivity index (χ4v) is 3.11. The largest absolute Gasteiger partial charge is 0.313 e. The third kappa shape index (κ3) is 4.05. The zero-order valence-corrected chi connectivity index (χ0v) is 12.7. The van der Waals surface area contributed by atoms with Gasteiger partial charge in [0.2, 0.25) is 0 Å². The third-order valence-corrected chi connectivity index (χ3v) is 4.17. The second kappa shape index (κ2) is 7.06. The first-order valence-corrected chi connectivity index (χ1v) is 7.75. The number of nitrogens with one attached hydrogen (secondary N) is 1. The van der Waals surface area contributed by atoms with Crippen LogP contribution in [0.15, 0.2) is 24.3 Å². The lowest BCUT2D eigenvalue weighted by atomic mass is 9.87. The second-order valence-electron chi connectivity index (χ2n) is 5.85. The monoisotopic (exact) mass is 260 g/mol. The molecule has 2 atom stereocenters. The average molecular weight is 260 g/mol. The van der Waals surface area contributed by atoms with E-state index in [1.807, 2.05) is 0 Å². The van der Waals surface area contributed by atoms with Gasteiger partial charge in [-0.2, -0.15) is 0 Å². The Balaban J connectivity index is 2.06. The number of likely N-dealkylation sites (N-methyl/N-ethyl adjacent to an activating group) is 1. The summed E-state index contributed by atoms with van der Waals surface area (Å²) in [7, 11) is 0. The predicted octanol–water partition coefficient (Wildman–Crippen LogP) is 3.17. The maximum absolute atomic E-state index is 3.71. The number of nitrogens with zero attached hydrogens (tertiary/aromatic N) is 1. The standard InChI is InChI=1S/C17H28N2/c1-4-9-18-17-11-16(12-19(5-2)13-17)15-8-6-7-14(3)10-15/h6-8,10,16-18H,4-5,9,11-13H2,1-3H3. The van der Waals surface area contributed by atoms with Crippen molar-refractivity contribution in [3.05, 3.63) is 35.4 Å². The zero-order chi connectivity index (χ0) is 13.7. The number of likely N-dealkylation sites (tertiary alicyclic amines) is 1. The van der Waals surface area contributed by atoms with E-state index in [4.69, 9.17) is 0 Å². The maximum atomic E-state index is 3.71. The van der Waals surface area contributed by atoms with Crippen LogP contribution in [0.2, 0.25) is 0 Å². The summed E-state index contributed by atoms with van der Waals surface area (Å²) < 4.78 is 0. The van der Waals surface area contributed by atoms with E-state index in [1.54, 1.807) is 0 Å². The third-order valence-electron chi connectivity index (χ3n) is 4.17. The Morgan fingerprint density at radius 2 is 2.11 bits per heavy atom. The molecule has 19 heavy (non-hydrogen) atoms. The van der Waals surface area contributed by atoms with Gasteiger partial charge in [0, 0.05) is 19.1 Å². The van der Waals surface area contributed by atoms with Gasteiger partial charge >= 0.3 is 0 Å². The minimum absolute atomic E-state index is 0.652. The van der Waals surface area contributed by atoms with E-state index in [0.717, 1.165) is 13.1 Å². The first-order valence-electron chi connectivity index (χ1n) is 7.75. The van der Waals surface area contributed by atoms with Gasteiger partial charge in [0.1, 0.15) is 0 Å². The summed E-state index contributed by atoms with van der Waals surface area (Å²) in [5.41, 5.74) is 2.89. The predicted molar refractivity (Wildman–Crippen MR) is 82.7 cm³/mol. The molecule has 1 fully saturated rings. The zero-order valence-electron chi connectivity index (χ0n) is 12.7. The van der Waals surface area contributed by atoms with Crippen LogP contribution >= 0.6 is 0 Å². The molecule has 1 aliphatic heterocycles. The molecule has 2 nitrogen and oxygen atoms in total. The number of piperidine rings is 1. The molecule has 0 bridgehead atoms.